The van der Waals surface area contributed by atoms with Crippen molar-refractivity contribution in [1.82, 2.24) is 0 Å². The van der Waals surface area contributed by atoms with Crippen LogP contribution in [0.15, 0.2) is 48.0 Å². The van der Waals surface area contributed by atoms with Crippen LogP contribution in [0.3, 0.4) is 0 Å². The minimum atomic E-state index is -0.611. The van der Waals surface area contributed by atoms with Gasteiger partial charge in [0.2, 0.25) is 0 Å². The number of aryl methyl sites for hydroxylation is 2. The summed E-state index contributed by atoms with van der Waals surface area (Å²) in [5.74, 6) is -0.611. The van der Waals surface area contributed by atoms with Gasteiger partial charge in [-0.15, -0.1) is 0 Å². The van der Waals surface area contributed by atoms with Crippen molar-refractivity contribution in [2.75, 3.05) is 19.0 Å². The van der Waals surface area contributed by atoms with E-state index < -0.39 is 5.97 Å². The van der Waals surface area contributed by atoms with E-state index in [0.717, 1.165) is 27.9 Å². The van der Waals surface area contributed by atoms with E-state index in [1.807, 2.05) is 81.4 Å². The van der Waals surface area contributed by atoms with Crippen molar-refractivity contribution in [3.8, 4) is 6.07 Å². The van der Waals surface area contributed by atoms with Crippen molar-refractivity contribution in [1.29, 1.82) is 5.26 Å². The number of carbonyl (C=O) groups is 1. The Labute approximate surface area is 149 Å². The molecule has 25 heavy (non-hydrogen) atoms. The molecule has 4 heteroatoms. The highest BCUT2D eigenvalue weighted by Gasteiger charge is 2.12. The maximum atomic E-state index is 12.2. The molecule has 4 nitrogen and oxygen atoms in total. The van der Waals surface area contributed by atoms with E-state index in [0.29, 0.717) is 0 Å². The van der Waals surface area contributed by atoms with Gasteiger partial charge in [0.1, 0.15) is 18.2 Å². The number of hydrogen-bond acceptors (Lipinski definition) is 4. The molecule has 2 aromatic carbocycles. The average molecular weight is 334 g/mol. The lowest BCUT2D eigenvalue weighted by Crippen LogP contribution is -2.08. The lowest BCUT2D eigenvalue weighted by atomic mass is 10.1. The van der Waals surface area contributed by atoms with Crippen molar-refractivity contribution in [2.24, 2.45) is 0 Å². The van der Waals surface area contributed by atoms with E-state index in [4.69, 9.17) is 4.74 Å². The number of nitrogens with zero attached hydrogens (tertiary/aromatic N) is 2. The number of benzene rings is 2. The quantitative estimate of drug-likeness (QED) is 0.471. The van der Waals surface area contributed by atoms with E-state index in [1.54, 1.807) is 6.08 Å². The number of anilines is 1. The largest absolute Gasteiger partial charge is 0.457 e. The van der Waals surface area contributed by atoms with Gasteiger partial charge < -0.3 is 9.64 Å². The molecule has 0 N–H and O–H groups in total. The Morgan fingerprint density at radius 3 is 2.44 bits per heavy atom. The molecule has 0 fully saturated rings. The van der Waals surface area contributed by atoms with Crippen molar-refractivity contribution >= 4 is 17.7 Å². The first kappa shape index (κ1) is 18.3. The zero-order valence-corrected chi connectivity index (χ0v) is 15.0. The molecule has 0 saturated carbocycles. The summed E-state index contributed by atoms with van der Waals surface area (Å²) in [7, 11) is 3.91. The Balaban J connectivity index is 2.10. The van der Waals surface area contributed by atoms with E-state index in [1.165, 1.54) is 0 Å². The van der Waals surface area contributed by atoms with Crippen molar-refractivity contribution in [2.45, 2.75) is 20.5 Å². The van der Waals surface area contributed by atoms with Crippen molar-refractivity contribution in [3.63, 3.8) is 0 Å². The lowest BCUT2D eigenvalue weighted by molar-refractivity contribution is -0.139. The molecule has 0 heterocycles. The molecular weight excluding hydrogens is 312 g/mol. The molecule has 0 bridgehead atoms. The van der Waals surface area contributed by atoms with Gasteiger partial charge in [0.15, 0.2) is 0 Å². The summed E-state index contributed by atoms with van der Waals surface area (Å²) < 4.78 is 5.31. The summed E-state index contributed by atoms with van der Waals surface area (Å²) in [6, 6.07) is 15.5. The van der Waals surface area contributed by atoms with Crippen LogP contribution in [0.4, 0.5) is 5.69 Å². The van der Waals surface area contributed by atoms with Gasteiger partial charge in [-0.3, -0.25) is 0 Å². The molecule has 0 atom stereocenters. The van der Waals surface area contributed by atoms with Crippen molar-refractivity contribution < 1.29 is 9.53 Å². The normalized spacial score (nSPS) is 10.9. The summed E-state index contributed by atoms with van der Waals surface area (Å²) in [5, 5.41) is 9.27. The van der Waals surface area contributed by atoms with Gasteiger partial charge in [-0.2, -0.15) is 5.26 Å². The van der Waals surface area contributed by atoms with E-state index >= 15 is 0 Å². The molecule has 0 spiro atoms. The summed E-state index contributed by atoms with van der Waals surface area (Å²) in [5.41, 5.74) is 4.93. The third-order valence-corrected chi connectivity index (χ3v) is 3.92. The number of nitriles is 1. The first-order valence-electron chi connectivity index (χ1n) is 8.03. The molecule has 0 unspecified atom stereocenters. The monoisotopic (exact) mass is 334 g/mol. The van der Waals surface area contributed by atoms with E-state index in [9.17, 15) is 10.1 Å². The van der Waals surface area contributed by atoms with Crippen LogP contribution >= 0.6 is 0 Å². The second-order valence-electron chi connectivity index (χ2n) is 6.16. The van der Waals surface area contributed by atoms with Gasteiger partial charge in [0.25, 0.3) is 0 Å². The van der Waals surface area contributed by atoms with E-state index in [2.05, 4.69) is 0 Å². The van der Waals surface area contributed by atoms with Gasteiger partial charge in [-0.1, -0.05) is 35.9 Å². The Morgan fingerprint density at radius 2 is 1.84 bits per heavy atom. The zero-order chi connectivity index (χ0) is 18.4. The molecule has 0 saturated heterocycles. The smallest absolute Gasteiger partial charge is 0.349 e. The Kier molecular flexibility index (Phi) is 5.97. The highest BCUT2D eigenvalue weighted by atomic mass is 16.5. The molecule has 0 aromatic heterocycles. The molecule has 2 aromatic rings. The topological polar surface area (TPSA) is 53.3 Å². The van der Waals surface area contributed by atoms with Crippen LogP contribution < -0.4 is 4.90 Å². The van der Waals surface area contributed by atoms with E-state index in [-0.39, 0.29) is 12.2 Å². The predicted molar refractivity (Wildman–Crippen MR) is 100 cm³/mol. The highest BCUT2D eigenvalue weighted by molar-refractivity contribution is 5.97. The zero-order valence-electron chi connectivity index (χ0n) is 15.0. The third-order valence-electron chi connectivity index (χ3n) is 3.92. The molecule has 0 aliphatic carbocycles. The fourth-order valence-electron chi connectivity index (χ4n) is 2.35. The first-order chi connectivity index (χ1) is 11.9. The minimum absolute atomic E-state index is 0.0112. The van der Waals surface area contributed by atoms with Gasteiger partial charge in [-0.25, -0.2) is 4.79 Å². The van der Waals surface area contributed by atoms with Crippen LogP contribution in [-0.2, 0) is 16.1 Å². The van der Waals surface area contributed by atoms with Crippen molar-refractivity contribution in [3.05, 3.63) is 70.3 Å². The Morgan fingerprint density at radius 1 is 1.16 bits per heavy atom. The molecule has 0 aliphatic heterocycles. The maximum Gasteiger partial charge on any atom is 0.349 e. The van der Waals surface area contributed by atoms with Crippen LogP contribution in [0.25, 0.3) is 6.08 Å². The van der Waals surface area contributed by atoms with Crippen LogP contribution in [-0.4, -0.2) is 20.1 Å². The van der Waals surface area contributed by atoms with Gasteiger partial charge >= 0.3 is 5.97 Å². The lowest BCUT2D eigenvalue weighted by Gasteiger charge is -2.12. The summed E-state index contributed by atoms with van der Waals surface area (Å²) in [6.07, 6.45) is 1.55. The summed E-state index contributed by atoms with van der Waals surface area (Å²) in [4.78, 5) is 14.2. The number of carbonyl (C=O) groups excluding carboxylic acids is 1. The first-order valence-corrected chi connectivity index (χ1v) is 8.03. The Bertz CT molecular complexity index is 828. The SMILES string of the molecule is Cc1ccc(C)c(COC(=O)/C(C#N)=C/c2ccc(N(C)C)cc2)c1. The standard InChI is InChI=1S/C21H22N2O2/c1-15-5-6-16(2)19(11-15)14-25-21(24)18(13-22)12-17-7-9-20(10-8-17)23(3)4/h5-12H,14H2,1-4H3/b18-12+. The molecule has 2 rings (SSSR count). The van der Waals surface area contributed by atoms with Crippen LogP contribution in [0.2, 0.25) is 0 Å². The molecule has 128 valence electrons. The fourth-order valence-corrected chi connectivity index (χ4v) is 2.35. The minimum Gasteiger partial charge on any atom is -0.457 e. The molecule has 0 amide bonds. The summed E-state index contributed by atoms with van der Waals surface area (Å²) in [6.45, 7) is 4.11. The number of esters is 1. The second-order valence-corrected chi connectivity index (χ2v) is 6.16. The highest BCUT2D eigenvalue weighted by Crippen LogP contribution is 2.16. The molecular formula is C21H22N2O2. The molecule has 0 radical (unpaired) electrons. The number of rotatable bonds is 5. The number of ether oxygens (including phenoxy) is 1. The fraction of sp³-hybridized carbons (Fsp3) is 0.238. The third kappa shape index (κ3) is 4.95. The Hall–Kier alpha value is -3.06. The second kappa shape index (κ2) is 8.16. The average Bonchev–Trinajstić information content (AvgIpc) is 2.60. The predicted octanol–water partition coefficient (Wildman–Crippen LogP) is 4.02. The van der Waals surface area contributed by atoms with Gasteiger partial charge in [0, 0.05) is 19.8 Å². The van der Waals surface area contributed by atoms with Crippen LogP contribution in [0.1, 0.15) is 22.3 Å². The van der Waals surface area contributed by atoms with Gasteiger partial charge in [0.05, 0.1) is 0 Å². The number of hydrogen-bond donors (Lipinski definition) is 0. The summed E-state index contributed by atoms with van der Waals surface area (Å²) >= 11 is 0. The van der Waals surface area contributed by atoms with Gasteiger partial charge in [-0.05, 0) is 48.7 Å². The van der Waals surface area contributed by atoms with Crippen LogP contribution in [0, 0.1) is 25.2 Å². The van der Waals surface area contributed by atoms with Crippen LogP contribution in [0.5, 0.6) is 0 Å². The molecule has 0 aliphatic rings. The maximum absolute atomic E-state index is 12.2.